The maximum atomic E-state index is 5.53. The Bertz CT molecular complexity index is 193. The van der Waals surface area contributed by atoms with Gasteiger partial charge < -0.3 is 10.1 Å². The van der Waals surface area contributed by atoms with Crippen LogP contribution < -0.4 is 5.32 Å². The summed E-state index contributed by atoms with van der Waals surface area (Å²) in [5.74, 6) is 0. The van der Waals surface area contributed by atoms with Crippen LogP contribution in [0.1, 0.15) is 72.1 Å². The quantitative estimate of drug-likeness (QED) is 0.364. The largest absolute Gasteiger partial charge is 0.376 e. The van der Waals surface area contributed by atoms with Gasteiger partial charge in [-0.25, -0.2) is 0 Å². The molecule has 2 heteroatoms. The maximum Gasteiger partial charge on any atom is 0.0672 e. The third-order valence-electron chi connectivity index (χ3n) is 3.34. The van der Waals surface area contributed by atoms with Crippen LogP contribution in [0.25, 0.3) is 0 Å². The number of ether oxygens (including phenoxy) is 1. The molecule has 0 aliphatic heterocycles. The number of unbranched alkanes of at least 4 members (excludes halogenated alkanes) is 4. The van der Waals surface area contributed by atoms with Gasteiger partial charge in [0.25, 0.3) is 0 Å². The molecule has 0 amide bonds. The second-order valence-corrected chi connectivity index (χ2v) is 5.65. The molecule has 0 aliphatic carbocycles. The molecule has 0 spiro atoms. The number of nitrogens with one attached hydrogen (secondary N) is 1. The molecule has 114 valence electrons. The van der Waals surface area contributed by atoms with Crippen molar-refractivity contribution < 1.29 is 4.74 Å². The van der Waals surface area contributed by atoms with Gasteiger partial charge in [-0.1, -0.05) is 64.5 Å². The molecule has 0 saturated heterocycles. The van der Waals surface area contributed by atoms with Crippen molar-refractivity contribution in [1.82, 2.24) is 5.32 Å². The predicted octanol–water partition coefficient (Wildman–Crippen LogP) is 4.70. The van der Waals surface area contributed by atoms with Crippen molar-refractivity contribution in [3.05, 3.63) is 12.2 Å². The average molecular weight is 269 g/mol. The van der Waals surface area contributed by atoms with Crippen molar-refractivity contribution in [2.45, 2.75) is 78.2 Å². The molecule has 0 unspecified atom stereocenters. The minimum atomic E-state index is 0.687. The summed E-state index contributed by atoms with van der Waals surface area (Å²) >= 11 is 0. The smallest absolute Gasteiger partial charge is 0.0672 e. The molecule has 19 heavy (non-hydrogen) atoms. The van der Waals surface area contributed by atoms with Crippen LogP contribution in [0.2, 0.25) is 0 Å². The van der Waals surface area contributed by atoms with Gasteiger partial charge in [-0.3, -0.25) is 0 Å². The summed E-state index contributed by atoms with van der Waals surface area (Å²) in [7, 11) is 0. The highest BCUT2D eigenvalue weighted by Gasteiger charge is 2.07. The van der Waals surface area contributed by atoms with E-state index in [2.05, 4.69) is 25.7 Å². The predicted molar refractivity (Wildman–Crippen MR) is 85.7 cm³/mol. The van der Waals surface area contributed by atoms with E-state index in [0.29, 0.717) is 12.6 Å². The summed E-state index contributed by atoms with van der Waals surface area (Å²) in [6, 6.07) is 0.687. The second-order valence-electron chi connectivity index (χ2n) is 5.65. The molecule has 0 radical (unpaired) electrons. The SMILES string of the molecule is C=C(C)COCCNC(CCCCC)CCCCC. The van der Waals surface area contributed by atoms with Crippen LogP contribution in [-0.4, -0.2) is 25.8 Å². The minimum absolute atomic E-state index is 0.687. The lowest BCUT2D eigenvalue weighted by Gasteiger charge is -2.18. The zero-order valence-electron chi connectivity index (χ0n) is 13.5. The van der Waals surface area contributed by atoms with Crippen LogP contribution in [0.3, 0.4) is 0 Å². The van der Waals surface area contributed by atoms with E-state index in [1.54, 1.807) is 0 Å². The van der Waals surface area contributed by atoms with Crippen LogP contribution in [0.4, 0.5) is 0 Å². The molecule has 0 saturated carbocycles. The van der Waals surface area contributed by atoms with Gasteiger partial charge in [0.2, 0.25) is 0 Å². The van der Waals surface area contributed by atoms with E-state index in [0.717, 1.165) is 18.7 Å². The normalized spacial score (nSPS) is 11.2. The number of rotatable bonds is 14. The lowest BCUT2D eigenvalue weighted by atomic mass is 10.0. The minimum Gasteiger partial charge on any atom is -0.376 e. The van der Waals surface area contributed by atoms with E-state index in [-0.39, 0.29) is 0 Å². The molecule has 0 aliphatic rings. The van der Waals surface area contributed by atoms with Crippen molar-refractivity contribution in [2.24, 2.45) is 0 Å². The van der Waals surface area contributed by atoms with E-state index in [1.165, 1.54) is 51.4 Å². The first-order chi connectivity index (χ1) is 9.20. The molecule has 1 N–H and O–H groups in total. The monoisotopic (exact) mass is 269 g/mol. The molecule has 0 aromatic carbocycles. The van der Waals surface area contributed by atoms with Gasteiger partial charge in [-0.05, 0) is 19.8 Å². The lowest BCUT2D eigenvalue weighted by molar-refractivity contribution is 0.154. The molecular formula is C17H35NO. The van der Waals surface area contributed by atoms with Crippen LogP contribution in [0.15, 0.2) is 12.2 Å². The molecule has 0 heterocycles. The van der Waals surface area contributed by atoms with Gasteiger partial charge in [0.1, 0.15) is 0 Å². The zero-order valence-corrected chi connectivity index (χ0v) is 13.5. The molecule has 0 aromatic heterocycles. The summed E-state index contributed by atoms with van der Waals surface area (Å²) in [5, 5.41) is 3.66. The van der Waals surface area contributed by atoms with E-state index in [1.807, 2.05) is 6.92 Å². The van der Waals surface area contributed by atoms with Crippen LogP contribution in [-0.2, 0) is 4.74 Å². The summed E-state index contributed by atoms with van der Waals surface area (Å²) in [5.41, 5.74) is 1.10. The fourth-order valence-corrected chi connectivity index (χ4v) is 2.21. The summed E-state index contributed by atoms with van der Waals surface area (Å²) < 4.78 is 5.53. The first-order valence-electron chi connectivity index (χ1n) is 8.16. The van der Waals surface area contributed by atoms with Gasteiger partial charge in [0.15, 0.2) is 0 Å². The van der Waals surface area contributed by atoms with Crippen molar-refractivity contribution in [3.8, 4) is 0 Å². The standard InChI is InChI=1S/C17H35NO/c1-5-7-9-11-17(12-10-8-6-2)18-13-14-19-15-16(3)4/h17-18H,3,5-15H2,1-2,4H3. The molecule has 0 atom stereocenters. The Morgan fingerprint density at radius 2 is 1.63 bits per heavy atom. The van der Waals surface area contributed by atoms with Gasteiger partial charge in [0.05, 0.1) is 13.2 Å². The van der Waals surface area contributed by atoms with Crippen LogP contribution in [0.5, 0.6) is 0 Å². The fourth-order valence-electron chi connectivity index (χ4n) is 2.21. The van der Waals surface area contributed by atoms with Crippen molar-refractivity contribution >= 4 is 0 Å². The van der Waals surface area contributed by atoms with E-state index in [4.69, 9.17) is 4.74 Å². The lowest BCUT2D eigenvalue weighted by Crippen LogP contribution is -2.32. The molecular weight excluding hydrogens is 234 g/mol. The average Bonchev–Trinajstić information content (AvgIpc) is 2.38. The number of hydrogen-bond donors (Lipinski definition) is 1. The molecule has 0 rings (SSSR count). The Balaban J connectivity index is 3.67. The zero-order chi connectivity index (χ0) is 14.3. The van der Waals surface area contributed by atoms with Crippen molar-refractivity contribution in [1.29, 1.82) is 0 Å². The molecule has 0 aromatic rings. The van der Waals surface area contributed by atoms with E-state index < -0.39 is 0 Å². The van der Waals surface area contributed by atoms with E-state index in [9.17, 15) is 0 Å². The topological polar surface area (TPSA) is 21.3 Å². The molecule has 0 fully saturated rings. The van der Waals surface area contributed by atoms with Crippen molar-refractivity contribution in [3.63, 3.8) is 0 Å². The highest BCUT2D eigenvalue weighted by Crippen LogP contribution is 2.10. The van der Waals surface area contributed by atoms with Crippen molar-refractivity contribution in [2.75, 3.05) is 19.8 Å². The molecule has 0 bridgehead atoms. The highest BCUT2D eigenvalue weighted by atomic mass is 16.5. The Labute approximate surface area is 121 Å². The maximum absolute atomic E-state index is 5.53. The van der Waals surface area contributed by atoms with Gasteiger partial charge >= 0.3 is 0 Å². The van der Waals surface area contributed by atoms with Crippen LogP contribution >= 0.6 is 0 Å². The first-order valence-corrected chi connectivity index (χ1v) is 8.16. The number of hydrogen-bond acceptors (Lipinski definition) is 2. The molecule has 2 nitrogen and oxygen atoms in total. The Hall–Kier alpha value is -0.340. The first kappa shape index (κ1) is 18.7. The fraction of sp³-hybridized carbons (Fsp3) is 0.882. The van der Waals surface area contributed by atoms with Gasteiger partial charge in [-0.15, -0.1) is 0 Å². The van der Waals surface area contributed by atoms with Gasteiger partial charge in [0, 0.05) is 12.6 Å². The summed E-state index contributed by atoms with van der Waals surface area (Å²) in [6.07, 6.45) is 10.7. The van der Waals surface area contributed by atoms with Gasteiger partial charge in [-0.2, -0.15) is 0 Å². The third kappa shape index (κ3) is 13.9. The Kier molecular flexibility index (Phi) is 13.8. The van der Waals surface area contributed by atoms with E-state index >= 15 is 0 Å². The third-order valence-corrected chi connectivity index (χ3v) is 3.34. The summed E-state index contributed by atoms with van der Waals surface area (Å²) in [6.45, 7) is 12.8. The van der Waals surface area contributed by atoms with Crippen LogP contribution in [0, 0.1) is 0 Å². The Morgan fingerprint density at radius 3 is 2.11 bits per heavy atom. The highest BCUT2D eigenvalue weighted by molar-refractivity contribution is 4.87. The Morgan fingerprint density at radius 1 is 1.05 bits per heavy atom. The summed E-state index contributed by atoms with van der Waals surface area (Å²) in [4.78, 5) is 0. The second kappa shape index (κ2) is 14.1.